The highest BCUT2D eigenvalue weighted by atomic mass is 16.2. The van der Waals surface area contributed by atoms with Crippen molar-refractivity contribution in [2.75, 3.05) is 11.4 Å². The normalized spacial score (nSPS) is 17.0. The Morgan fingerprint density at radius 1 is 1.22 bits per heavy atom. The zero-order chi connectivity index (χ0) is 18.8. The highest BCUT2D eigenvalue weighted by Gasteiger charge is 2.23. The molecule has 1 saturated carbocycles. The van der Waals surface area contributed by atoms with Crippen molar-refractivity contribution in [3.05, 3.63) is 57.5 Å². The summed E-state index contributed by atoms with van der Waals surface area (Å²) < 4.78 is 1.52. The van der Waals surface area contributed by atoms with Crippen LogP contribution in [-0.4, -0.2) is 28.0 Å². The minimum Gasteiger partial charge on any atom is -0.352 e. The molecular formula is C21H26N4O2. The molecule has 142 valence electrons. The highest BCUT2D eigenvalue weighted by Crippen LogP contribution is 2.23. The number of hydrogen-bond donors (Lipinski definition) is 1. The van der Waals surface area contributed by atoms with Crippen LogP contribution in [0, 0.1) is 6.92 Å². The van der Waals surface area contributed by atoms with Gasteiger partial charge in [-0.15, -0.1) is 0 Å². The van der Waals surface area contributed by atoms with Gasteiger partial charge in [-0.1, -0.05) is 37.1 Å². The van der Waals surface area contributed by atoms with E-state index in [1.165, 1.54) is 21.8 Å². The lowest BCUT2D eigenvalue weighted by molar-refractivity contribution is -0.122. The zero-order valence-electron chi connectivity index (χ0n) is 15.8. The molecule has 1 aliphatic heterocycles. The number of fused-ring (bicyclic) bond motifs is 1. The largest absolute Gasteiger partial charge is 0.352 e. The van der Waals surface area contributed by atoms with E-state index < -0.39 is 0 Å². The molecule has 1 aliphatic carbocycles. The molecule has 0 atom stereocenters. The van der Waals surface area contributed by atoms with E-state index in [1.54, 1.807) is 0 Å². The fraction of sp³-hybridized carbons (Fsp3) is 0.476. The Bertz CT molecular complexity index is 899. The third-order valence-electron chi connectivity index (χ3n) is 5.55. The van der Waals surface area contributed by atoms with Gasteiger partial charge in [0.15, 0.2) is 0 Å². The van der Waals surface area contributed by atoms with Crippen molar-refractivity contribution < 1.29 is 4.79 Å². The predicted octanol–water partition coefficient (Wildman–Crippen LogP) is 2.17. The second-order valence-corrected chi connectivity index (χ2v) is 7.61. The van der Waals surface area contributed by atoms with E-state index >= 15 is 0 Å². The summed E-state index contributed by atoms with van der Waals surface area (Å²) in [6, 6.07) is 10.1. The van der Waals surface area contributed by atoms with Gasteiger partial charge in [-0.25, -0.2) is 4.98 Å². The summed E-state index contributed by atoms with van der Waals surface area (Å²) in [5.41, 5.74) is 3.11. The van der Waals surface area contributed by atoms with Crippen LogP contribution in [-0.2, 0) is 24.3 Å². The Morgan fingerprint density at radius 3 is 2.74 bits per heavy atom. The minimum atomic E-state index is -0.169. The monoisotopic (exact) mass is 366 g/mol. The smallest absolute Gasteiger partial charge is 0.255 e. The van der Waals surface area contributed by atoms with Gasteiger partial charge < -0.3 is 10.2 Å². The molecule has 0 unspecified atom stereocenters. The van der Waals surface area contributed by atoms with E-state index in [4.69, 9.17) is 0 Å². The maximum Gasteiger partial charge on any atom is 0.255 e. The van der Waals surface area contributed by atoms with Crippen LogP contribution < -0.4 is 15.8 Å². The molecule has 2 aromatic rings. The molecule has 0 bridgehead atoms. The highest BCUT2D eigenvalue weighted by molar-refractivity contribution is 5.76. The number of carbonyl (C=O) groups excluding carboxylic acids is 1. The third kappa shape index (κ3) is 3.89. The molecule has 0 radical (unpaired) electrons. The fourth-order valence-corrected chi connectivity index (χ4v) is 4.15. The molecule has 0 spiro atoms. The minimum absolute atomic E-state index is 0.0239. The summed E-state index contributed by atoms with van der Waals surface area (Å²) >= 11 is 0. The molecule has 27 heavy (non-hydrogen) atoms. The summed E-state index contributed by atoms with van der Waals surface area (Å²) in [6.07, 6.45) is 5.30. The van der Waals surface area contributed by atoms with Crippen LogP contribution in [0.3, 0.4) is 0 Å². The Balaban J connectivity index is 1.59. The predicted molar refractivity (Wildman–Crippen MR) is 105 cm³/mol. The number of nitrogens with one attached hydrogen (secondary N) is 1. The SMILES string of the molecule is Cc1cc(=O)n(CC(=O)NC2CCCC2)c(N2CCc3ccccc3C2)n1. The second-order valence-electron chi connectivity index (χ2n) is 7.61. The van der Waals surface area contributed by atoms with Crippen molar-refractivity contribution in [1.82, 2.24) is 14.9 Å². The molecule has 2 heterocycles. The van der Waals surface area contributed by atoms with Crippen LogP contribution in [0.4, 0.5) is 5.95 Å². The van der Waals surface area contributed by atoms with E-state index in [0.717, 1.165) is 38.6 Å². The van der Waals surface area contributed by atoms with E-state index in [0.29, 0.717) is 18.2 Å². The molecule has 6 heteroatoms. The van der Waals surface area contributed by atoms with Crippen LogP contribution >= 0.6 is 0 Å². The van der Waals surface area contributed by atoms with Gasteiger partial charge in [0.1, 0.15) is 6.54 Å². The molecule has 2 aliphatic rings. The van der Waals surface area contributed by atoms with Crippen molar-refractivity contribution in [2.24, 2.45) is 0 Å². The number of nitrogens with zero attached hydrogens (tertiary/aromatic N) is 3. The van der Waals surface area contributed by atoms with Gasteiger partial charge >= 0.3 is 0 Å². The van der Waals surface area contributed by atoms with Crippen molar-refractivity contribution in [1.29, 1.82) is 0 Å². The topological polar surface area (TPSA) is 67.2 Å². The van der Waals surface area contributed by atoms with Crippen molar-refractivity contribution in [2.45, 2.75) is 58.2 Å². The summed E-state index contributed by atoms with van der Waals surface area (Å²) in [5.74, 6) is 0.490. The van der Waals surface area contributed by atoms with E-state index in [2.05, 4.69) is 33.4 Å². The van der Waals surface area contributed by atoms with Gasteiger partial charge in [0.25, 0.3) is 5.56 Å². The standard InChI is InChI=1S/C21H26N4O2/c1-15-12-20(27)25(14-19(26)23-18-8-4-5-9-18)21(22-15)24-11-10-16-6-2-3-7-17(16)13-24/h2-3,6-7,12,18H,4-5,8-11,13-14H2,1H3,(H,23,26). The van der Waals surface area contributed by atoms with Crippen LogP contribution in [0.1, 0.15) is 42.5 Å². The van der Waals surface area contributed by atoms with Gasteiger partial charge in [0.05, 0.1) is 0 Å². The average Bonchev–Trinajstić information content (AvgIpc) is 3.16. The molecule has 6 nitrogen and oxygen atoms in total. The molecule has 0 saturated heterocycles. The molecular weight excluding hydrogens is 340 g/mol. The van der Waals surface area contributed by atoms with Crippen LogP contribution in [0.15, 0.2) is 35.1 Å². The first-order chi connectivity index (χ1) is 13.1. The summed E-state index contributed by atoms with van der Waals surface area (Å²) in [6.45, 7) is 3.34. The van der Waals surface area contributed by atoms with E-state index in [-0.39, 0.29) is 24.1 Å². The number of aromatic nitrogens is 2. The Morgan fingerprint density at radius 2 is 1.96 bits per heavy atom. The zero-order valence-corrected chi connectivity index (χ0v) is 15.8. The van der Waals surface area contributed by atoms with Crippen molar-refractivity contribution in [3.63, 3.8) is 0 Å². The van der Waals surface area contributed by atoms with Gasteiger partial charge in [-0.05, 0) is 37.3 Å². The van der Waals surface area contributed by atoms with Gasteiger partial charge in [-0.2, -0.15) is 0 Å². The molecule has 4 rings (SSSR count). The first-order valence-corrected chi connectivity index (χ1v) is 9.80. The maximum absolute atomic E-state index is 12.6. The number of benzene rings is 1. The number of anilines is 1. The lowest BCUT2D eigenvalue weighted by atomic mass is 10.0. The number of amides is 1. The number of aryl methyl sites for hydroxylation is 1. The maximum atomic E-state index is 12.6. The number of hydrogen-bond acceptors (Lipinski definition) is 4. The number of carbonyl (C=O) groups is 1. The van der Waals surface area contributed by atoms with Crippen LogP contribution in [0.25, 0.3) is 0 Å². The van der Waals surface area contributed by atoms with E-state index in [9.17, 15) is 9.59 Å². The Hall–Kier alpha value is -2.63. The lowest BCUT2D eigenvalue weighted by Crippen LogP contribution is -2.41. The Kier molecular flexibility index (Phi) is 4.97. The van der Waals surface area contributed by atoms with Crippen molar-refractivity contribution in [3.8, 4) is 0 Å². The van der Waals surface area contributed by atoms with Crippen LogP contribution in [0.2, 0.25) is 0 Å². The fourth-order valence-electron chi connectivity index (χ4n) is 4.15. The molecule has 1 amide bonds. The summed E-state index contributed by atoms with van der Waals surface area (Å²) in [4.78, 5) is 31.9. The average molecular weight is 366 g/mol. The summed E-state index contributed by atoms with van der Waals surface area (Å²) in [7, 11) is 0. The van der Waals surface area contributed by atoms with Gasteiger partial charge in [-0.3, -0.25) is 14.2 Å². The summed E-state index contributed by atoms with van der Waals surface area (Å²) in [5, 5.41) is 3.07. The second kappa shape index (κ2) is 7.55. The Labute approximate surface area is 159 Å². The third-order valence-corrected chi connectivity index (χ3v) is 5.55. The first-order valence-electron chi connectivity index (χ1n) is 9.80. The van der Waals surface area contributed by atoms with Crippen molar-refractivity contribution >= 4 is 11.9 Å². The molecule has 1 fully saturated rings. The lowest BCUT2D eigenvalue weighted by Gasteiger charge is -2.31. The van der Waals surface area contributed by atoms with Gasteiger partial charge in [0, 0.05) is 30.9 Å². The number of rotatable bonds is 4. The van der Waals surface area contributed by atoms with Gasteiger partial charge in [0.2, 0.25) is 11.9 Å². The van der Waals surface area contributed by atoms with Crippen LogP contribution in [0.5, 0.6) is 0 Å². The quantitative estimate of drug-likeness (QED) is 0.901. The molecule has 1 aromatic heterocycles. The molecule has 1 aromatic carbocycles. The van der Waals surface area contributed by atoms with E-state index in [1.807, 2.05) is 13.0 Å². The first kappa shape index (κ1) is 17.8. The molecule has 1 N–H and O–H groups in total.